The highest BCUT2D eigenvalue weighted by atomic mass is 16.3. The van der Waals surface area contributed by atoms with Crippen LogP contribution >= 0.6 is 0 Å². The van der Waals surface area contributed by atoms with Crippen LogP contribution in [0.3, 0.4) is 0 Å². The number of likely N-dealkylation sites (tertiary alicyclic amines) is 2. The van der Waals surface area contributed by atoms with Gasteiger partial charge in [-0.2, -0.15) is 5.10 Å². The third-order valence-electron chi connectivity index (χ3n) is 5.59. The Morgan fingerprint density at radius 1 is 1.20 bits per heavy atom. The molecule has 3 heterocycles. The first-order chi connectivity index (χ1) is 12.2. The Morgan fingerprint density at radius 3 is 2.64 bits per heavy atom. The van der Waals surface area contributed by atoms with E-state index in [9.17, 15) is 9.90 Å². The minimum absolute atomic E-state index is 0.0203. The summed E-state index contributed by atoms with van der Waals surface area (Å²) in [5.41, 5.74) is 0.603. The monoisotopic (exact) mass is 340 g/mol. The van der Waals surface area contributed by atoms with Gasteiger partial charge < -0.3 is 10.0 Å². The lowest BCUT2D eigenvalue weighted by atomic mass is 9.79. The number of hydrogen-bond acceptors (Lipinski definition) is 4. The van der Waals surface area contributed by atoms with E-state index in [1.54, 1.807) is 12.4 Å². The quantitative estimate of drug-likeness (QED) is 0.890. The van der Waals surface area contributed by atoms with Gasteiger partial charge in [-0.15, -0.1) is 0 Å². The highest BCUT2D eigenvalue weighted by Gasteiger charge is 2.47. The largest absolute Gasteiger partial charge is 0.383 e. The van der Waals surface area contributed by atoms with Crippen molar-refractivity contribution in [3.05, 3.63) is 53.9 Å². The molecule has 2 fully saturated rings. The highest BCUT2D eigenvalue weighted by Crippen LogP contribution is 2.37. The number of carbonyl (C=O) groups is 1. The Balaban J connectivity index is 1.62. The van der Waals surface area contributed by atoms with Gasteiger partial charge >= 0.3 is 0 Å². The summed E-state index contributed by atoms with van der Waals surface area (Å²) in [6, 6.07) is 9.82. The van der Waals surface area contributed by atoms with E-state index in [2.05, 4.69) is 15.1 Å². The fourth-order valence-corrected chi connectivity index (χ4v) is 4.19. The van der Waals surface area contributed by atoms with Crippen molar-refractivity contribution in [2.45, 2.75) is 30.9 Å². The number of aromatic amines is 1. The second kappa shape index (κ2) is 6.61. The van der Waals surface area contributed by atoms with Crippen LogP contribution in [0.5, 0.6) is 0 Å². The number of amides is 1. The normalized spacial score (nSPS) is 27.6. The smallest absolute Gasteiger partial charge is 0.257 e. The number of nitrogens with one attached hydrogen (secondary N) is 1. The second-order valence-corrected chi connectivity index (χ2v) is 7.04. The summed E-state index contributed by atoms with van der Waals surface area (Å²) in [4.78, 5) is 16.9. The van der Waals surface area contributed by atoms with Crippen LogP contribution in [0.4, 0.5) is 0 Å². The molecule has 2 saturated heterocycles. The third kappa shape index (κ3) is 2.96. The summed E-state index contributed by atoms with van der Waals surface area (Å²) < 4.78 is 0. The van der Waals surface area contributed by atoms with E-state index in [1.807, 2.05) is 35.2 Å². The summed E-state index contributed by atoms with van der Waals surface area (Å²) in [5, 5.41) is 18.2. The molecule has 1 aromatic carbocycles. The zero-order chi connectivity index (χ0) is 17.3. The summed E-state index contributed by atoms with van der Waals surface area (Å²) >= 11 is 0. The predicted octanol–water partition coefficient (Wildman–Crippen LogP) is 1.61. The second-order valence-electron chi connectivity index (χ2n) is 7.04. The van der Waals surface area contributed by atoms with Gasteiger partial charge in [0.05, 0.1) is 17.8 Å². The van der Waals surface area contributed by atoms with Crippen molar-refractivity contribution < 1.29 is 9.90 Å². The predicted molar refractivity (Wildman–Crippen MR) is 94.0 cm³/mol. The Morgan fingerprint density at radius 2 is 1.96 bits per heavy atom. The Kier molecular flexibility index (Phi) is 4.31. The molecular formula is C19H24N4O2. The van der Waals surface area contributed by atoms with Crippen LogP contribution in [-0.2, 0) is 5.60 Å². The number of rotatable bonds is 3. The van der Waals surface area contributed by atoms with Crippen molar-refractivity contribution in [2.75, 3.05) is 26.2 Å². The summed E-state index contributed by atoms with van der Waals surface area (Å²) in [6.45, 7) is 3.04. The fourth-order valence-electron chi connectivity index (χ4n) is 4.19. The van der Waals surface area contributed by atoms with Crippen LogP contribution in [0, 0.1) is 0 Å². The molecule has 2 aromatic rings. The zero-order valence-electron chi connectivity index (χ0n) is 14.3. The van der Waals surface area contributed by atoms with Gasteiger partial charge in [-0.1, -0.05) is 30.3 Å². The molecule has 25 heavy (non-hydrogen) atoms. The molecule has 2 aliphatic heterocycles. The number of hydrogen-bond donors (Lipinski definition) is 2. The number of nitrogens with zero attached hydrogens (tertiary/aromatic N) is 3. The standard InChI is InChI=1S/C19H24N4O2/c24-18(15-12-20-21-13-15)23-11-8-19(25,16-6-2-1-3-7-16)17(14-23)22-9-4-5-10-22/h1-3,6-7,12-13,17,25H,4-5,8-11,14H2,(H,20,21)/t17-,19+/m1/s1. The molecule has 2 atom stereocenters. The fraction of sp³-hybridized carbons (Fsp3) is 0.474. The molecule has 0 radical (unpaired) electrons. The van der Waals surface area contributed by atoms with Crippen molar-refractivity contribution in [1.29, 1.82) is 0 Å². The molecule has 2 aliphatic rings. The maximum atomic E-state index is 12.7. The molecule has 1 amide bonds. The Bertz CT molecular complexity index is 712. The maximum Gasteiger partial charge on any atom is 0.257 e. The van der Waals surface area contributed by atoms with Crippen molar-refractivity contribution in [3.63, 3.8) is 0 Å². The molecule has 0 bridgehead atoms. The number of benzene rings is 1. The van der Waals surface area contributed by atoms with Crippen molar-refractivity contribution in [2.24, 2.45) is 0 Å². The summed E-state index contributed by atoms with van der Waals surface area (Å²) in [6.07, 6.45) is 6.03. The number of piperidine rings is 1. The van der Waals surface area contributed by atoms with E-state index in [0.717, 1.165) is 31.5 Å². The minimum Gasteiger partial charge on any atom is -0.383 e. The van der Waals surface area contributed by atoms with E-state index in [-0.39, 0.29) is 11.9 Å². The Hall–Kier alpha value is -2.18. The highest BCUT2D eigenvalue weighted by molar-refractivity contribution is 5.93. The molecular weight excluding hydrogens is 316 g/mol. The van der Waals surface area contributed by atoms with Crippen LogP contribution in [0.25, 0.3) is 0 Å². The maximum absolute atomic E-state index is 12.7. The molecule has 6 nitrogen and oxygen atoms in total. The van der Waals surface area contributed by atoms with Gasteiger partial charge in [0.2, 0.25) is 0 Å². The molecule has 4 rings (SSSR count). The van der Waals surface area contributed by atoms with Crippen LogP contribution < -0.4 is 0 Å². The lowest BCUT2D eigenvalue weighted by molar-refractivity contribution is -0.0878. The molecule has 0 saturated carbocycles. The van der Waals surface area contributed by atoms with Crippen molar-refractivity contribution in [3.8, 4) is 0 Å². The van der Waals surface area contributed by atoms with Gasteiger partial charge in [-0.25, -0.2) is 0 Å². The minimum atomic E-state index is -0.918. The topological polar surface area (TPSA) is 72.5 Å². The third-order valence-corrected chi connectivity index (χ3v) is 5.59. The van der Waals surface area contributed by atoms with Gasteiger partial charge in [0, 0.05) is 19.3 Å². The Labute approximate surface area is 147 Å². The average Bonchev–Trinajstić information content (AvgIpc) is 3.36. The van der Waals surface area contributed by atoms with Gasteiger partial charge in [0.25, 0.3) is 5.91 Å². The van der Waals surface area contributed by atoms with E-state index < -0.39 is 5.60 Å². The van der Waals surface area contributed by atoms with Gasteiger partial charge in [0.15, 0.2) is 0 Å². The van der Waals surface area contributed by atoms with E-state index in [4.69, 9.17) is 0 Å². The number of aromatic nitrogens is 2. The average molecular weight is 340 g/mol. The van der Waals surface area contributed by atoms with Crippen molar-refractivity contribution >= 4 is 5.91 Å². The first-order valence-electron chi connectivity index (χ1n) is 8.98. The molecule has 0 aliphatic carbocycles. The van der Waals surface area contributed by atoms with Crippen LogP contribution in [0.2, 0.25) is 0 Å². The number of carbonyl (C=O) groups excluding carboxylic acids is 1. The molecule has 1 aromatic heterocycles. The lowest BCUT2D eigenvalue weighted by Gasteiger charge is -2.48. The van der Waals surface area contributed by atoms with Crippen LogP contribution in [0.15, 0.2) is 42.7 Å². The number of aliphatic hydroxyl groups is 1. The lowest BCUT2D eigenvalue weighted by Crippen LogP contribution is -2.61. The van der Waals surface area contributed by atoms with Gasteiger partial charge in [-0.05, 0) is 37.9 Å². The molecule has 0 unspecified atom stereocenters. The van der Waals surface area contributed by atoms with E-state index >= 15 is 0 Å². The van der Waals surface area contributed by atoms with E-state index in [0.29, 0.717) is 25.1 Å². The molecule has 132 valence electrons. The molecule has 6 heteroatoms. The first-order valence-corrected chi connectivity index (χ1v) is 8.98. The van der Waals surface area contributed by atoms with Gasteiger partial charge in [0.1, 0.15) is 5.60 Å². The first kappa shape index (κ1) is 16.3. The van der Waals surface area contributed by atoms with Crippen molar-refractivity contribution in [1.82, 2.24) is 20.0 Å². The van der Waals surface area contributed by atoms with Gasteiger partial charge in [-0.3, -0.25) is 14.8 Å². The SMILES string of the molecule is O=C(c1cn[nH]c1)N1CC[C@](O)(c2ccccc2)[C@H](N2CCCC2)C1. The number of H-pyrrole nitrogens is 1. The van der Waals surface area contributed by atoms with Crippen LogP contribution in [0.1, 0.15) is 35.2 Å². The summed E-state index contributed by atoms with van der Waals surface area (Å²) in [7, 11) is 0. The van der Waals surface area contributed by atoms with Crippen LogP contribution in [-0.4, -0.2) is 63.2 Å². The molecule has 0 spiro atoms. The zero-order valence-corrected chi connectivity index (χ0v) is 14.3. The van der Waals surface area contributed by atoms with E-state index in [1.165, 1.54) is 0 Å². The summed E-state index contributed by atoms with van der Waals surface area (Å²) in [5.74, 6) is -0.0203. The molecule has 2 N–H and O–H groups in total.